The maximum Gasteiger partial charge on any atom is 0.269 e. The molecule has 0 heterocycles. The molecule has 0 fully saturated rings. The predicted octanol–water partition coefficient (Wildman–Crippen LogP) is 3.68. The second-order valence-electron chi connectivity index (χ2n) is 4.37. The third-order valence-corrected chi connectivity index (χ3v) is 3.21. The van der Waals surface area contributed by atoms with Crippen LogP contribution in [0.5, 0.6) is 5.75 Å². The Hall–Kier alpha value is -2.40. The van der Waals surface area contributed by atoms with E-state index in [0.29, 0.717) is 21.9 Å². The Labute approximate surface area is 126 Å². The Balaban J connectivity index is 2.19. The van der Waals surface area contributed by atoms with Gasteiger partial charge >= 0.3 is 0 Å². The van der Waals surface area contributed by atoms with Crippen LogP contribution in [0.15, 0.2) is 42.5 Å². The maximum atomic E-state index is 12.3. The van der Waals surface area contributed by atoms with Crippen LogP contribution in [-0.4, -0.2) is 17.8 Å². The van der Waals surface area contributed by atoms with E-state index in [9.17, 15) is 14.9 Å². The van der Waals surface area contributed by atoms with Gasteiger partial charge in [0.25, 0.3) is 5.69 Å². The first kappa shape index (κ1) is 15.0. The van der Waals surface area contributed by atoms with Gasteiger partial charge in [-0.1, -0.05) is 23.7 Å². The molecule has 0 amide bonds. The van der Waals surface area contributed by atoms with Crippen LogP contribution >= 0.6 is 11.6 Å². The van der Waals surface area contributed by atoms with Crippen molar-refractivity contribution in [1.82, 2.24) is 0 Å². The van der Waals surface area contributed by atoms with Gasteiger partial charge < -0.3 is 4.74 Å². The van der Waals surface area contributed by atoms with E-state index in [1.807, 2.05) is 0 Å². The predicted molar refractivity (Wildman–Crippen MR) is 79.1 cm³/mol. The average Bonchev–Trinajstić information content (AvgIpc) is 2.47. The second-order valence-corrected chi connectivity index (χ2v) is 4.80. The van der Waals surface area contributed by atoms with Gasteiger partial charge in [0.15, 0.2) is 5.78 Å². The highest BCUT2D eigenvalue weighted by atomic mass is 35.5. The minimum atomic E-state index is -0.478. The van der Waals surface area contributed by atoms with Crippen LogP contribution in [0.25, 0.3) is 0 Å². The van der Waals surface area contributed by atoms with E-state index in [2.05, 4.69) is 0 Å². The summed E-state index contributed by atoms with van der Waals surface area (Å²) in [5.41, 5.74) is 1.12. The van der Waals surface area contributed by atoms with E-state index < -0.39 is 4.92 Å². The number of hydrogen-bond donors (Lipinski definition) is 0. The summed E-state index contributed by atoms with van der Waals surface area (Å²) in [6.07, 6.45) is 0.135. The van der Waals surface area contributed by atoms with Crippen molar-refractivity contribution < 1.29 is 14.5 Å². The molecule has 0 bridgehead atoms. The molecule has 6 heteroatoms. The van der Waals surface area contributed by atoms with E-state index in [4.69, 9.17) is 16.3 Å². The summed E-state index contributed by atoms with van der Waals surface area (Å²) in [7, 11) is 1.47. The quantitative estimate of drug-likeness (QED) is 0.480. The number of nitrogens with zero attached hydrogens (tertiary/aromatic N) is 1. The summed E-state index contributed by atoms with van der Waals surface area (Å²) in [5.74, 6) is 0.270. The smallest absolute Gasteiger partial charge is 0.269 e. The van der Waals surface area contributed by atoms with Crippen molar-refractivity contribution in [2.75, 3.05) is 7.11 Å². The van der Waals surface area contributed by atoms with Crippen LogP contribution in [0.4, 0.5) is 5.69 Å². The second kappa shape index (κ2) is 6.37. The molecule has 2 rings (SSSR count). The Kier molecular flexibility index (Phi) is 4.55. The van der Waals surface area contributed by atoms with Gasteiger partial charge in [0.2, 0.25) is 0 Å². The molecule has 5 nitrogen and oxygen atoms in total. The summed E-state index contributed by atoms with van der Waals surface area (Å²) in [6, 6.07) is 10.7. The zero-order valence-electron chi connectivity index (χ0n) is 11.2. The van der Waals surface area contributed by atoms with E-state index in [1.54, 1.807) is 30.3 Å². The SMILES string of the molecule is COc1cc(Cl)ccc1C(=O)Cc1ccc([N+](=O)[O-])cc1. The van der Waals surface area contributed by atoms with E-state index in [1.165, 1.54) is 19.2 Å². The largest absolute Gasteiger partial charge is 0.496 e. The highest BCUT2D eigenvalue weighted by molar-refractivity contribution is 6.30. The highest BCUT2D eigenvalue weighted by Crippen LogP contribution is 2.24. The number of ether oxygens (including phenoxy) is 1. The van der Waals surface area contributed by atoms with Crippen LogP contribution in [0.1, 0.15) is 15.9 Å². The molecule has 108 valence electrons. The first-order valence-electron chi connectivity index (χ1n) is 6.11. The van der Waals surface area contributed by atoms with Crippen LogP contribution in [0.2, 0.25) is 5.02 Å². The van der Waals surface area contributed by atoms with Crippen molar-refractivity contribution >= 4 is 23.1 Å². The summed E-state index contributed by atoms with van der Waals surface area (Å²) in [5, 5.41) is 11.1. The molecule has 0 aliphatic heterocycles. The Bertz CT molecular complexity index is 683. The van der Waals surface area contributed by atoms with Crippen LogP contribution in [0, 0.1) is 10.1 Å². The lowest BCUT2D eigenvalue weighted by Crippen LogP contribution is -2.06. The van der Waals surface area contributed by atoms with Gasteiger partial charge in [0.1, 0.15) is 5.75 Å². The summed E-state index contributed by atoms with van der Waals surface area (Å²) >= 11 is 5.85. The topological polar surface area (TPSA) is 69.4 Å². The maximum absolute atomic E-state index is 12.3. The van der Waals surface area contributed by atoms with Crippen molar-refractivity contribution in [2.24, 2.45) is 0 Å². The molecule has 2 aromatic rings. The molecule has 0 aliphatic rings. The molecule has 0 spiro atoms. The number of carbonyl (C=O) groups excluding carboxylic acids is 1. The molecule has 0 saturated heterocycles. The zero-order chi connectivity index (χ0) is 15.4. The fraction of sp³-hybridized carbons (Fsp3) is 0.133. The third-order valence-electron chi connectivity index (χ3n) is 2.98. The van der Waals surface area contributed by atoms with Crippen LogP contribution in [0.3, 0.4) is 0 Å². The number of benzene rings is 2. The van der Waals surface area contributed by atoms with E-state index in [-0.39, 0.29) is 17.9 Å². The monoisotopic (exact) mass is 305 g/mol. The fourth-order valence-electron chi connectivity index (χ4n) is 1.91. The Morgan fingerprint density at radius 1 is 1.24 bits per heavy atom. The van der Waals surface area contributed by atoms with Crippen LogP contribution < -0.4 is 4.74 Å². The van der Waals surface area contributed by atoms with Crippen molar-refractivity contribution in [3.8, 4) is 5.75 Å². The number of Topliss-reactive ketones (excluding diaryl/α,β-unsaturated/α-hetero) is 1. The third kappa shape index (κ3) is 3.58. The molecule has 0 aromatic heterocycles. The lowest BCUT2D eigenvalue weighted by molar-refractivity contribution is -0.384. The first-order valence-corrected chi connectivity index (χ1v) is 6.49. The van der Waals surface area contributed by atoms with Gasteiger partial charge in [0.05, 0.1) is 17.6 Å². The van der Waals surface area contributed by atoms with E-state index >= 15 is 0 Å². The number of nitro groups is 1. The molecule has 0 unspecified atom stereocenters. The first-order chi connectivity index (χ1) is 10.0. The lowest BCUT2D eigenvalue weighted by Gasteiger charge is -2.08. The average molecular weight is 306 g/mol. The number of rotatable bonds is 5. The molecule has 21 heavy (non-hydrogen) atoms. The Morgan fingerprint density at radius 3 is 2.48 bits per heavy atom. The van der Waals surface area contributed by atoms with E-state index in [0.717, 1.165) is 0 Å². The number of hydrogen-bond acceptors (Lipinski definition) is 4. The van der Waals surface area contributed by atoms with Crippen LogP contribution in [-0.2, 0) is 6.42 Å². The number of halogens is 1. The minimum absolute atomic E-state index is 0.00438. The number of ketones is 1. The summed E-state index contributed by atoms with van der Waals surface area (Å²) in [4.78, 5) is 22.4. The number of nitro benzene ring substituents is 1. The van der Waals surface area contributed by atoms with Gasteiger partial charge in [-0.2, -0.15) is 0 Å². The van der Waals surface area contributed by atoms with Crippen molar-refractivity contribution in [1.29, 1.82) is 0 Å². The molecule has 0 atom stereocenters. The number of non-ortho nitro benzene ring substituents is 1. The molecular weight excluding hydrogens is 294 g/mol. The van der Waals surface area contributed by atoms with Crippen molar-refractivity contribution in [2.45, 2.75) is 6.42 Å². The van der Waals surface area contributed by atoms with Gasteiger partial charge in [-0.25, -0.2) is 0 Å². The van der Waals surface area contributed by atoms with Gasteiger partial charge in [0, 0.05) is 23.6 Å². The standard InChI is InChI=1S/C15H12ClNO4/c1-21-15-9-11(16)4-7-13(15)14(18)8-10-2-5-12(6-3-10)17(19)20/h2-7,9H,8H2,1H3. The number of methoxy groups -OCH3 is 1. The van der Waals surface area contributed by atoms with Gasteiger partial charge in [-0.05, 0) is 23.8 Å². The summed E-state index contributed by atoms with van der Waals surface area (Å²) < 4.78 is 5.14. The fourth-order valence-corrected chi connectivity index (χ4v) is 2.07. The molecule has 0 saturated carbocycles. The zero-order valence-corrected chi connectivity index (χ0v) is 12.0. The van der Waals surface area contributed by atoms with Crippen molar-refractivity contribution in [3.05, 3.63) is 68.7 Å². The van der Waals surface area contributed by atoms with Gasteiger partial charge in [-0.15, -0.1) is 0 Å². The van der Waals surface area contributed by atoms with Gasteiger partial charge in [-0.3, -0.25) is 14.9 Å². The molecule has 0 radical (unpaired) electrons. The summed E-state index contributed by atoms with van der Waals surface area (Å²) in [6.45, 7) is 0. The highest BCUT2D eigenvalue weighted by Gasteiger charge is 2.14. The van der Waals surface area contributed by atoms with Crippen molar-refractivity contribution in [3.63, 3.8) is 0 Å². The minimum Gasteiger partial charge on any atom is -0.496 e. The molecular formula is C15H12ClNO4. The normalized spacial score (nSPS) is 10.2. The molecule has 0 aliphatic carbocycles. The molecule has 2 aromatic carbocycles. The Morgan fingerprint density at radius 2 is 1.90 bits per heavy atom. The lowest BCUT2D eigenvalue weighted by atomic mass is 10.0. The number of carbonyl (C=O) groups is 1. The molecule has 0 N–H and O–H groups in total.